The molecule has 2 amide bonds. The molecule has 0 saturated carbocycles. The summed E-state index contributed by atoms with van der Waals surface area (Å²) in [4.78, 5) is 24.5. The highest BCUT2D eigenvalue weighted by Gasteiger charge is 2.15. The molecule has 0 saturated heterocycles. The molecule has 0 aromatic heterocycles. The third-order valence-electron chi connectivity index (χ3n) is 1.87. The lowest BCUT2D eigenvalue weighted by Gasteiger charge is -2.23. The highest BCUT2D eigenvalue weighted by Crippen LogP contribution is 1.97. The molecule has 82 valence electrons. The third-order valence-corrected chi connectivity index (χ3v) is 1.87. The summed E-state index contributed by atoms with van der Waals surface area (Å²) in [6.45, 7) is 2.45. The number of amides is 2. The molecule has 14 heavy (non-hydrogen) atoms. The lowest BCUT2D eigenvalue weighted by Crippen LogP contribution is -2.41. The summed E-state index contributed by atoms with van der Waals surface area (Å²) in [6, 6.07) is -0.249. The van der Waals surface area contributed by atoms with E-state index in [-0.39, 0.29) is 12.6 Å². The first-order chi connectivity index (χ1) is 6.49. The summed E-state index contributed by atoms with van der Waals surface area (Å²) in [5.74, 6) is -0.996. The van der Waals surface area contributed by atoms with Gasteiger partial charge in [0.1, 0.15) is 6.54 Å². The summed E-state index contributed by atoms with van der Waals surface area (Å²) >= 11 is 0. The van der Waals surface area contributed by atoms with Gasteiger partial charge in [-0.25, -0.2) is 4.79 Å². The predicted octanol–water partition coefficient (Wildman–Crippen LogP) is 0.855. The summed E-state index contributed by atoms with van der Waals surface area (Å²) in [5, 5.41) is 8.48. The van der Waals surface area contributed by atoms with Crippen LogP contribution >= 0.6 is 0 Å². The minimum Gasteiger partial charge on any atom is -0.480 e. The largest absolute Gasteiger partial charge is 0.480 e. The Morgan fingerprint density at radius 1 is 1.21 bits per heavy atom. The Bertz CT molecular complexity index is 206. The molecule has 0 atom stereocenters. The van der Waals surface area contributed by atoms with E-state index in [2.05, 4.69) is 0 Å². The fourth-order valence-electron chi connectivity index (χ4n) is 1.05. The fourth-order valence-corrected chi connectivity index (χ4v) is 1.05. The van der Waals surface area contributed by atoms with Gasteiger partial charge in [0.15, 0.2) is 0 Å². The van der Waals surface area contributed by atoms with E-state index in [4.69, 9.17) is 5.11 Å². The minimum atomic E-state index is -0.996. The number of carboxylic acids is 1. The molecule has 0 fully saturated rings. The maximum absolute atomic E-state index is 11.5. The second kappa shape index (κ2) is 6.23. The Morgan fingerprint density at radius 2 is 1.79 bits per heavy atom. The Labute approximate surface area is 84.3 Å². The second-order valence-electron chi connectivity index (χ2n) is 3.31. The van der Waals surface area contributed by atoms with Crippen LogP contribution < -0.4 is 0 Å². The lowest BCUT2D eigenvalue weighted by molar-refractivity contribution is -0.137. The average Bonchev–Trinajstić information content (AvgIpc) is 2.11. The van der Waals surface area contributed by atoms with Gasteiger partial charge in [0.2, 0.25) is 0 Å². The van der Waals surface area contributed by atoms with E-state index in [0.29, 0.717) is 6.54 Å². The Hall–Kier alpha value is -1.26. The zero-order chi connectivity index (χ0) is 11.1. The van der Waals surface area contributed by atoms with Crippen LogP contribution in [0.15, 0.2) is 0 Å². The van der Waals surface area contributed by atoms with Crippen LogP contribution in [-0.4, -0.2) is 54.1 Å². The summed E-state index contributed by atoms with van der Waals surface area (Å²) in [7, 11) is 3.16. The summed E-state index contributed by atoms with van der Waals surface area (Å²) in [5.41, 5.74) is 0. The standard InChI is InChI=1S/C9H18N2O3/c1-4-5-6-10(2)9(14)11(3)7-8(12)13/h4-7H2,1-3H3,(H,12,13). The zero-order valence-corrected chi connectivity index (χ0v) is 8.99. The van der Waals surface area contributed by atoms with Crippen LogP contribution in [0.5, 0.6) is 0 Å². The first-order valence-corrected chi connectivity index (χ1v) is 4.67. The number of hydrogen-bond acceptors (Lipinski definition) is 2. The van der Waals surface area contributed by atoms with Gasteiger partial charge in [-0.3, -0.25) is 4.79 Å². The SMILES string of the molecule is CCCCN(C)C(=O)N(C)CC(=O)O. The highest BCUT2D eigenvalue weighted by molar-refractivity contribution is 5.79. The van der Waals surface area contributed by atoms with E-state index in [1.54, 1.807) is 7.05 Å². The van der Waals surface area contributed by atoms with Gasteiger partial charge in [-0.2, -0.15) is 0 Å². The molecule has 1 N–H and O–H groups in total. The summed E-state index contributed by atoms with van der Waals surface area (Å²) < 4.78 is 0. The van der Waals surface area contributed by atoms with E-state index >= 15 is 0 Å². The number of carbonyl (C=O) groups excluding carboxylic acids is 1. The van der Waals surface area contributed by atoms with Crippen LogP contribution in [0.4, 0.5) is 4.79 Å². The van der Waals surface area contributed by atoms with Crippen molar-refractivity contribution in [3.05, 3.63) is 0 Å². The number of nitrogens with zero attached hydrogens (tertiary/aromatic N) is 2. The zero-order valence-electron chi connectivity index (χ0n) is 8.99. The number of likely N-dealkylation sites (N-methyl/N-ethyl adjacent to an activating group) is 1. The Morgan fingerprint density at radius 3 is 2.21 bits per heavy atom. The van der Waals surface area contributed by atoms with Crippen molar-refractivity contribution in [2.75, 3.05) is 27.2 Å². The van der Waals surface area contributed by atoms with Gasteiger partial charge in [-0.05, 0) is 6.42 Å². The van der Waals surface area contributed by atoms with Crippen LogP contribution in [0, 0.1) is 0 Å². The lowest BCUT2D eigenvalue weighted by atomic mass is 10.3. The van der Waals surface area contributed by atoms with Crippen molar-refractivity contribution in [1.29, 1.82) is 0 Å². The predicted molar refractivity (Wildman–Crippen MR) is 53.2 cm³/mol. The topological polar surface area (TPSA) is 60.9 Å². The molecule has 0 aliphatic rings. The molecule has 5 heteroatoms. The molecule has 0 aliphatic carbocycles. The van der Waals surface area contributed by atoms with Crippen molar-refractivity contribution in [1.82, 2.24) is 9.80 Å². The van der Waals surface area contributed by atoms with Crippen LogP contribution in [0.25, 0.3) is 0 Å². The number of aliphatic carboxylic acids is 1. The number of carboxylic acid groups (broad SMARTS) is 1. The van der Waals surface area contributed by atoms with Crippen molar-refractivity contribution in [3.8, 4) is 0 Å². The molecule has 0 spiro atoms. The van der Waals surface area contributed by atoms with Gasteiger partial charge in [-0.1, -0.05) is 13.3 Å². The average molecular weight is 202 g/mol. The van der Waals surface area contributed by atoms with Crippen molar-refractivity contribution in [2.45, 2.75) is 19.8 Å². The van der Waals surface area contributed by atoms with E-state index in [1.807, 2.05) is 6.92 Å². The van der Waals surface area contributed by atoms with Gasteiger partial charge in [0.05, 0.1) is 0 Å². The second-order valence-corrected chi connectivity index (χ2v) is 3.31. The van der Waals surface area contributed by atoms with E-state index in [1.165, 1.54) is 16.8 Å². The maximum atomic E-state index is 11.5. The molecule has 0 bridgehead atoms. The van der Waals surface area contributed by atoms with Gasteiger partial charge < -0.3 is 14.9 Å². The Kier molecular flexibility index (Phi) is 5.67. The number of urea groups is 1. The smallest absolute Gasteiger partial charge is 0.323 e. The molecule has 0 unspecified atom stereocenters. The molecular weight excluding hydrogens is 184 g/mol. The monoisotopic (exact) mass is 202 g/mol. The third kappa shape index (κ3) is 4.69. The first kappa shape index (κ1) is 12.7. The fraction of sp³-hybridized carbons (Fsp3) is 0.778. The molecular formula is C9H18N2O3. The van der Waals surface area contributed by atoms with Crippen LogP contribution in [0.2, 0.25) is 0 Å². The van der Waals surface area contributed by atoms with E-state index in [9.17, 15) is 9.59 Å². The van der Waals surface area contributed by atoms with Crippen molar-refractivity contribution >= 4 is 12.0 Å². The molecule has 0 radical (unpaired) electrons. The van der Waals surface area contributed by atoms with Gasteiger partial charge in [0.25, 0.3) is 0 Å². The Balaban J connectivity index is 3.97. The number of unbranched alkanes of at least 4 members (excludes halogenated alkanes) is 1. The number of hydrogen-bond donors (Lipinski definition) is 1. The number of carbonyl (C=O) groups is 2. The van der Waals surface area contributed by atoms with Crippen LogP contribution in [-0.2, 0) is 4.79 Å². The van der Waals surface area contributed by atoms with Crippen LogP contribution in [0.3, 0.4) is 0 Å². The van der Waals surface area contributed by atoms with Crippen molar-refractivity contribution in [2.24, 2.45) is 0 Å². The van der Waals surface area contributed by atoms with Gasteiger partial charge in [-0.15, -0.1) is 0 Å². The van der Waals surface area contributed by atoms with Gasteiger partial charge in [0, 0.05) is 20.6 Å². The molecule has 5 nitrogen and oxygen atoms in total. The molecule has 0 aromatic carbocycles. The highest BCUT2D eigenvalue weighted by atomic mass is 16.4. The van der Waals surface area contributed by atoms with Gasteiger partial charge >= 0.3 is 12.0 Å². The van der Waals surface area contributed by atoms with E-state index < -0.39 is 5.97 Å². The first-order valence-electron chi connectivity index (χ1n) is 4.67. The normalized spacial score (nSPS) is 9.64. The van der Waals surface area contributed by atoms with E-state index in [0.717, 1.165) is 12.8 Å². The molecule has 0 aliphatic heterocycles. The van der Waals surface area contributed by atoms with Crippen molar-refractivity contribution in [3.63, 3.8) is 0 Å². The number of rotatable bonds is 5. The summed E-state index contributed by atoms with van der Waals surface area (Å²) in [6.07, 6.45) is 1.95. The molecule has 0 heterocycles. The van der Waals surface area contributed by atoms with Crippen molar-refractivity contribution < 1.29 is 14.7 Å². The quantitative estimate of drug-likeness (QED) is 0.719. The molecule has 0 rings (SSSR count). The minimum absolute atomic E-state index is 0.249. The molecule has 0 aromatic rings. The maximum Gasteiger partial charge on any atom is 0.323 e. The van der Waals surface area contributed by atoms with Crippen LogP contribution in [0.1, 0.15) is 19.8 Å².